The molecule has 2 aromatic heterocycles. The van der Waals surface area contributed by atoms with E-state index in [-0.39, 0.29) is 41.2 Å². The fourth-order valence-corrected chi connectivity index (χ4v) is 6.14. The zero-order valence-corrected chi connectivity index (χ0v) is 29.5. The summed E-state index contributed by atoms with van der Waals surface area (Å²) in [6.45, 7) is 4.72. The van der Waals surface area contributed by atoms with Crippen LogP contribution in [0, 0.1) is 24.4 Å². The lowest BCUT2D eigenvalue weighted by Gasteiger charge is -2.34. The van der Waals surface area contributed by atoms with Crippen molar-refractivity contribution < 1.29 is 41.7 Å². The van der Waals surface area contributed by atoms with Gasteiger partial charge in [0.2, 0.25) is 12.7 Å². The van der Waals surface area contributed by atoms with E-state index < -0.39 is 40.2 Å². The van der Waals surface area contributed by atoms with E-state index in [1.165, 1.54) is 18.3 Å². The average Bonchev–Trinajstić information content (AvgIpc) is 3.73. The van der Waals surface area contributed by atoms with Crippen LogP contribution >= 0.6 is 17.0 Å². The Hall–Kier alpha value is -5.28. The first-order valence-corrected chi connectivity index (χ1v) is 15.8. The molecule has 0 unspecified atom stereocenters. The van der Waals surface area contributed by atoms with Crippen LogP contribution in [0.4, 0.5) is 18.9 Å². The van der Waals surface area contributed by atoms with E-state index in [1.807, 2.05) is 46.8 Å². The molecule has 51 heavy (non-hydrogen) atoms. The van der Waals surface area contributed by atoms with Gasteiger partial charge < -0.3 is 33.7 Å². The normalized spacial score (nSPS) is 14.0. The van der Waals surface area contributed by atoms with Crippen molar-refractivity contribution in [2.45, 2.75) is 13.5 Å². The molecule has 0 aliphatic carbocycles. The summed E-state index contributed by atoms with van der Waals surface area (Å²) in [5, 5.41) is 3.17. The van der Waals surface area contributed by atoms with Crippen LogP contribution in [0.1, 0.15) is 32.0 Å². The van der Waals surface area contributed by atoms with Gasteiger partial charge in [-0.05, 0) is 55.0 Å². The summed E-state index contributed by atoms with van der Waals surface area (Å²) in [5.41, 5.74) is 1.16. The van der Waals surface area contributed by atoms with Crippen LogP contribution in [0.3, 0.4) is 0 Å². The number of methoxy groups -OCH3 is 1. The Morgan fingerprint density at radius 1 is 0.922 bits per heavy atom. The molecule has 11 nitrogen and oxygen atoms in total. The van der Waals surface area contributed by atoms with Crippen LogP contribution in [0.5, 0.6) is 28.9 Å². The zero-order chi connectivity index (χ0) is 35.1. The van der Waals surface area contributed by atoms with Gasteiger partial charge in [0.1, 0.15) is 17.0 Å². The van der Waals surface area contributed by atoms with E-state index >= 15 is 0 Å². The van der Waals surface area contributed by atoms with E-state index in [0.29, 0.717) is 24.5 Å². The molecule has 5 aromatic rings. The second kappa shape index (κ2) is 14.5. The third-order valence-electron chi connectivity index (χ3n) is 8.88. The number of aromatic nitrogens is 2. The topological polar surface area (TPSA) is 107 Å². The van der Waals surface area contributed by atoms with Crippen LogP contribution in [-0.2, 0) is 13.6 Å². The summed E-state index contributed by atoms with van der Waals surface area (Å²) in [5.74, 6) is -3.88. The molecule has 1 saturated heterocycles. The van der Waals surface area contributed by atoms with Crippen molar-refractivity contribution >= 4 is 45.4 Å². The molecular weight excluding hydrogens is 735 g/mol. The van der Waals surface area contributed by atoms with E-state index in [9.17, 15) is 22.8 Å². The Bertz CT molecular complexity index is 2140. The highest BCUT2D eigenvalue weighted by Gasteiger charge is 2.29. The molecule has 1 fully saturated rings. The van der Waals surface area contributed by atoms with Crippen LogP contribution in [-0.4, -0.2) is 71.2 Å². The number of aryl methyl sites for hydroxylation is 1. The first-order chi connectivity index (χ1) is 24.1. The molecule has 2 aliphatic rings. The molecule has 2 amide bonds. The molecule has 0 spiro atoms. The number of anilines is 1. The molecule has 266 valence electrons. The van der Waals surface area contributed by atoms with Crippen molar-refractivity contribution in [3.05, 3.63) is 101 Å². The lowest BCUT2D eigenvalue weighted by molar-refractivity contribution is 0.0619. The molecule has 15 heteroatoms. The number of ether oxygens (including phenoxy) is 4. The monoisotopic (exact) mass is 767 g/mol. The van der Waals surface area contributed by atoms with Gasteiger partial charge in [-0.2, -0.15) is 0 Å². The van der Waals surface area contributed by atoms with Crippen molar-refractivity contribution in [2.75, 3.05) is 45.4 Å². The third kappa shape index (κ3) is 6.90. The maximum absolute atomic E-state index is 14.6. The standard InChI is InChI=1S/C36H32F3N5O6.BrH/c1-20-31(37)33(39)30(34(47-3)32(20)38)35(45)41-23-5-9-29(40-17-23)50-24-6-7-25-22(15-24)16-26(42(25)2)36(46)44-12-10-43(11-13-44)18-21-4-8-27-28(14-21)49-19-48-27;/h4-9,14-17H,10-13,18-19H2,1-3H3,(H,41,45);1H. The van der Waals surface area contributed by atoms with Crippen LogP contribution in [0.2, 0.25) is 0 Å². The molecule has 0 bridgehead atoms. The van der Waals surface area contributed by atoms with Gasteiger partial charge in [0.25, 0.3) is 11.8 Å². The number of piperazine rings is 1. The Morgan fingerprint density at radius 2 is 1.69 bits per heavy atom. The summed E-state index contributed by atoms with van der Waals surface area (Å²) >= 11 is 0. The highest BCUT2D eigenvalue weighted by atomic mass is 79.9. The number of amides is 2. The second-order valence-electron chi connectivity index (χ2n) is 12.0. The largest absolute Gasteiger partial charge is 0.493 e. The fraction of sp³-hybridized carbons (Fsp3) is 0.250. The number of hydrogen-bond donors (Lipinski definition) is 1. The minimum Gasteiger partial charge on any atom is -0.493 e. The zero-order valence-electron chi connectivity index (χ0n) is 27.8. The lowest BCUT2D eigenvalue weighted by atomic mass is 10.1. The lowest BCUT2D eigenvalue weighted by Crippen LogP contribution is -2.48. The highest BCUT2D eigenvalue weighted by molar-refractivity contribution is 8.93. The smallest absolute Gasteiger partial charge is 0.270 e. The predicted molar refractivity (Wildman–Crippen MR) is 187 cm³/mol. The van der Waals surface area contributed by atoms with Crippen molar-refractivity contribution in [1.82, 2.24) is 19.4 Å². The quantitative estimate of drug-likeness (QED) is 0.176. The molecule has 4 heterocycles. The van der Waals surface area contributed by atoms with Gasteiger partial charge >= 0.3 is 0 Å². The van der Waals surface area contributed by atoms with Gasteiger partial charge in [-0.1, -0.05) is 6.07 Å². The first-order valence-electron chi connectivity index (χ1n) is 15.8. The number of carbonyl (C=O) groups is 2. The van der Waals surface area contributed by atoms with E-state index in [2.05, 4.69) is 15.2 Å². The van der Waals surface area contributed by atoms with Crippen LogP contribution < -0.4 is 24.3 Å². The number of pyridine rings is 1. The van der Waals surface area contributed by atoms with Crippen LogP contribution in [0.25, 0.3) is 10.9 Å². The summed E-state index contributed by atoms with van der Waals surface area (Å²) in [6.07, 6.45) is 1.26. The number of nitrogens with zero attached hydrogens (tertiary/aromatic N) is 4. The maximum atomic E-state index is 14.6. The van der Waals surface area contributed by atoms with Crippen molar-refractivity contribution in [1.29, 1.82) is 0 Å². The Kier molecular flexibility index (Phi) is 10.1. The minimum atomic E-state index is -1.52. The fourth-order valence-electron chi connectivity index (χ4n) is 6.14. The van der Waals surface area contributed by atoms with Crippen molar-refractivity contribution in [2.24, 2.45) is 7.05 Å². The number of rotatable bonds is 8. The van der Waals surface area contributed by atoms with Crippen molar-refractivity contribution in [3.63, 3.8) is 0 Å². The third-order valence-corrected chi connectivity index (χ3v) is 8.88. The van der Waals surface area contributed by atoms with Crippen molar-refractivity contribution in [3.8, 4) is 28.9 Å². The number of nitrogens with one attached hydrogen (secondary N) is 1. The summed E-state index contributed by atoms with van der Waals surface area (Å²) in [6, 6.07) is 16.1. The molecule has 3 aromatic carbocycles. The molecule has 0 saturated carbocycles. The van der Waals surface area contributed by atoms with E-state index in [1.54, 1.807) is 12.1 Å². The van der Waals surface area contributed by atoms with E-state index in [0.717, 1.165) is 61.6 Å². The highest BCUT2D eigenvalue weighted by Crippen LogP contribution is 2.34. The summed E-state index contributed by atoms with van der Waals surface area (Å²) in [7, 11) is 2.90. The van der Waals surface area contributed by atoms with Gasteiger partial charge in [-0.25, -0.2) is 18.2 Å². The molecule has 0 atom stereocenters. The predicted octanol–water partition coefficient (Wildman–Crippen LogP) is 6.62. The number of carbonyl (C=O) groups excluding carboxylic acids is 2. The first kappa shape index (κ1) is 35.5. The maximum Gasteiger partial charge on any atom is 0.270 e. The van der Waals surface area contributed by atoms with Crippen LogP contribution in [0.15, 0.2) is 60.8 Å². The minimum absolute atomic E-state index is 0. The molecule has 7 rings (SSSR count). The molecule has 1 N–H and O–H groups in total. The molecule has 0 radical (unpaired) electrons. The number of benzene rings is 3. The number of hydrogen-bond acceptors (Lipinski definition) is 8. The average molecular weight is 769 g/mol. The SMILES string of the molecule is Br.COc1c(F)c(C)c(F)c(F)c1C(=O)Nc1ccc(Oc2ccc3c(c2)cc(C(=O)N2CCN(Cc4ccc5c(c4)OCO5)CC2)n3C)nc1. The number of fused-ring (bicyclic) bond motifs is 2. The Balaban J connectivity index is 0.00000448. The van der Waals surface area contributed by atoms with Gasteiger partial charge in [-0.15, -0.1) is 17.0 Å². The van der Waals surface area contributed by atoms with Gasteiger partial charge in [0.05, 0.1) is 19.0 Å². The van der Waals surface area contributed by atoms with Gasteiger partial charge in [-0.3, -0.25) is 14.5 Å². The van der Waals surface area contributed by atoms with Gasteiger partial charge in [0, 0.05) is 62.3 Å². The number of halogens is 4. The molecule has 2 aliphatic heterocycles. The molecular formula is C36H33BrF3N5O6. The Labute approximate surface area is 301 Å². The van der Waals surface area contributed by atoms with E-state index in [4.69, 9.17) is 18.9 Å². The Morgan fingerprint density at radius 3 is 2.41 bits per heavy atom. The second-order valence-corrected chi connectivity index (χ2v) is 12.0. The van der Waals surface area contributed by atoms with Gasteiger partial charge in [0.15, 0.2) is 34.7 Å². The summed E-state index contributed by atoms with van der Waals surface area (Å²) < 4.78 is 66.7. The summed E-state index contributed by atoms with van der Waals surface area (Å²) in [4.78, 5) is 34.7.